The minimum absolute atomic E-state index is 0.0479. The molecule has 0 aliphatic heterocycles. The highest BCUT2D eigenvalue weighted by Gasteiger charge is 2.17. The van der Waals surface area contributed by atoms with Crippen molar-refractivity contribution in [3.05, 3.63) is 18.0 Å². The van der Waals surface area contributed by atoms with E-state index in [0.29, 0.717) is 6.54 Å². The molecule has 1 aromatic rings. The first-order chi connectivity index (χ1) is 8.90. The molecule has 106 valence electrons. The quantitative estimate of drug-likeness (QED) is 0.799. The molecule has 0 aromatic carbocycles. The van der Waals surface area contributed by atoms with Crippen molar-refractivity contribution in [1.82, 2.24) is 20.0 Å². The average Bonchev–Trinajstić information content (AvgIpc) is 2.72. The molecule has 0 aliphatic carbocycles. The Labute approximate surface area is 112 Å². The van der Waals surface area contributed by atoms with Crippen LogP contribution in [-0.4, -0.2) is 44.4 Å². The number of hydrogen-bond donors (Lipinski definition) is 2. The molecule has 0 unspecified atom stereocenters. The number of rotatable bonds is 6. The van der Waals surface area contributed by atoms with E-state index in [4.69, 9.17) is 5.11 Å². The summed E-state index contributed by atoms with van der Waals surface area (Å²) in [7, 11) is 1.80. The third-order valence-electron chi connectivity index (χ3n) is 2.65. The van der Waals surface area contributed by atoms with Gasteiger partial charge in [-0.2, -0.15) is 5.10 Å². The maximum atomic E-state index is 12.0. The second kappa shape index (κ2) is 6.77. The highest BCUT2D eigenvalue weighted by Crippen LogP contribution is 2.02. The van der Waals surface area contributed by atoms with Crippen molar-refractivity contribution in [2.45, 2.75) is 32.9 Å². The summed E-state index contributed by atoms with van der Waals surface area (Å²) in [6.45, 7) is 4.28. The van der Waals surface area contributed by atoms with Crippen LogP contribution in [0.5, 0.6) is 0 Å². The third-order valence-corrected chi connectivity index (χ3v) is 2.65. The number of carbonyl (C=O) groups is 2. The van der Waals surface area contributed by atoms with Gasteiger partial charge >= 0.3 is 12.0 Å². The number of aliphatic carboxylic acids is 1. The van der Waals surface area contributed by atoms with Gasteiger partial charge in [0.1, 0.15) is 0 Å². The van der Waals surface area contributed by atoms with Gasteiger partial charge in [-0.15, -0.1) is 0 Å². The van der Waals surface area contributed by atoms with E-state index in [-0.39, 0.29) is 25.0 Å². The number of carboxylic acid groups (broad SMARTS) is 1. The number of aryl methyl sites for hydroxylation is 1. The highest BCUT2D eigenvalue weighted by molar-refractivity contribution is 5.75. The van der Waals surface area contributed by atoms with Crippen molar-refractivity contribution in [3.63, 3.8) is 0 Å². The number of nitrogens with zero attached hydrogens (tertiary/aromatic N) is 3. The molecular formula is C12H20N4O3. The third kappa shape index (κ3) is 4.99. The number of nitrogens with one attached hydrogen (secondary N) is 1. The molecule has 0 spiro atoms. The highest BCUT2D eigenvalue weighted by atomic mass is 16.4. The first-order valence-electron chi connectivity index (χ1n) is 6.14. The number of aromatic nitrogens is 2. The Morgan fingerprint density at radius 2 is 2.21 bits per heavy atom. The number of amides is 2. The largest absolute Gasteiger partial charge is 0.481 e. The van der Waals surface area contributed by atoms with Crippen LogP contribution in [-0.2, 0) is 18.4 Å². The lowest BCUT2D eigenvalue weighted by Crippen LogP contribution is -2.44. The molecule has 0 radical (unpaired) electrons. The van der Waals surface area contributed by atoms with Crippen molar-refractivity contribution in [3.8, 4) is 0 Å². The van der Waals surface area contributed by atoms with Crippen LogP contribution in [0.2, 0.25) is 0 Å². The molecule has 0 aliphatic rings. The summed E-state index contributed by atoms with van der Waals surface area (Å²) >= 11 is 0. The summed E-state index contributed by atoms with van der Waals surface area (Å²) in [5.41, 5.74) is 0.901. The molecule has 0 saturated carbocycles. The van der Waals surface area contributed by atoms with Crippen LogP contribution in [0.3, 0.4) is 0 Å². The van der Waals surface area contributed by atoms with Gasteiger partial charge in [-0.3, -0.25) is 9.48 Å². The first kappa shape index (κ1) is 15.0. The Balaban J connectivity index is 2.49. The first-order valence-corrected chi connectivity index (χ1v) is 6.14. The van der Waals surface area contributed by atoms with Crippen LogP contribution >= 0.6 is 0 Å². The Bertz CT molecular complexity index is 442. The Hall–Kier alpha value is -2.05. The summed E-state index contributed by atoms with van der Waals surface area (Å²) in [5, 5.41) is 15.4. The van der Waals surface area contributed by atoms with Crippen molar-refractivity contribution >= 4 is 12.0 Å². The number of urea groups is 1. The van der Waals surface area contributed by atoms with Crippen molar-refractivity contribution in [2.24, 2.45) is 7.05 Å². The zero-order valence-corrected chi connectivity index (χ0v) is 11.5. The lowest BCUT2D eigenvalue weighted by atomic mass is 10.3. The van der Waals surface area contributed by atoms with E-state index in [1.807, 2.05) is 20.0 Å². The molecule has 0 atom stereocenters. The molecule has 1 heterocycles. The summed E-state index contributed by atoms with van der Waals surface area (Å²) in [5.74, 6) is -0.911. The maximum Gasteiger partial charge on any atom is 0.317 e. The lowest BCUT2D eigenvalue weighted by molar-refractivity contribution is -0.137. The van der Waals surface area contributed by atoms with Gasteiger partial charge in [0.2, 0.25) is 0 Å². The second-order valence-corrected chi connectivity index (χ2v) is 4.61. The zero-order valence-electron chi connectivity index (χ0n) is 11.5. The Morgan fingerprint density at radius 3 is 2.68 bits per heavy atom. The van der Waals surface area contributed by atoms with Gasteiger partial charge in [0.25, 0.3) is 0 Å². The summed E-state index contributed by atoms with van der Waals surface area (Å²) in [6.07, 6.45) is 3.44. The molecule has 7 nitrogen and oxygen atoms in total. The molecule has 1 aromatic heterocycles. The van der Waals surface area contributed by atoms with Gasteiger partial charge in [0, 0.05) is 37.9 Å². The van der Waals surface area contributed by atoms with E-state index in [9.17, 15) is 9.59 Å². The molecule has 1 rings (SSSR count). The number of hydrogen-bond acceptors (Lipinski definition) is 3. The SMILES string of the molecule is CC(C)N(CCC(=O)O)C(=O)NCc1cnn(C)c1. The van der Waals surface area contributed by atoms with Crippen LogP contribution in [0.15, 0.2) is 12.4 Å². The molecule has 7 heteroatoms. The lowest BCUT2D eigenvalue weighted by Gasteiger charge is -2.26. The van der Waals surface area contributed by atoms with E-state index >= 15 is 0 Å². The summed E-state index contributed by atoms with van der Waals surface area (Å²) in [6, 6.07) is -0.312. The molecule has 0 bridgehead atoms. The number of carbonyl (C=O) groups excluding carboxylic acids is 1. The van der Waals surface area contributed by atoms with Crippen LogP contribution in [0.4, 0.5) is 4.79 Å². The van der Waals surface area contributed by atoms with Crippen molar-refractivity contribution in [1.29, 1.82) is 0 Å². The van der Waals surface area contributed by atoms with Crippen LogP contribution in [0.1, 0.15) is 25.8 Å². The molecule has 0 fully saturated rings. The van der Waals surface area contributed by atoms with Gasteiger partial charge in [0.05, 0.1) is 12.6 Å². The number of carboxylic acids is 1. The Kier molecular flexibility index (Phi) is 5.35. The fraction of sp³-hybridized carbons (Fsp3) is 0.583. The van der Waals surface area contributed by atoms with Crippen LogP contribution in [0.25, 0.3) is 0 Å². The van der Waals surface area contributed by atoms with Gasteiger partial charge < -0.3 is 15.3 Å². The summed E-state index contributed by atoms with van der Waals surface area (Å²) < 4.78 is 1.66. The predicted octanol–water partition coefficient (Wildman–Crippen LogP) is 0.815. The van der Waals surface area contributed by atoms with E-state index < -0.39 is 5.97 Å². The van der Waals surface area contributed by atoms with Gasteiger partial charge in [-0.25, -0.2) is 4.79 Å². The molecule has 19 heavy (non-hydrogen) atoms. The standard InChI is InChI=1S/C12H20N4O3/c1-9(2)16(5-4-11(17)18)12(19)13-6-10-7-14-15(3)8-10/h7-9H,4-6H2,1-3H3,(H,13,19)(H,17,18). The summed E-state index contributed by atoms with van der Waals surface area (Å²) in [4.78, 5) is 24.0. The fourth-order valence-electron chi connectivity index (χ4n) is 1.65. The van der Waals surface area contributed by atoms with E-state index in [1.54, 1.807) is 17.9 Å². The Morgan fingerprint density at radius 1 is 1.53 bits per heavy atom. The van der Waals surface area contributed by atoms with Crippen LogP contribution < -0.4 is 5.32 Å². The van der Waals surface area contributed by atoms with E-state index in [1.165, 1.54) is 4.90 Å². The van der Waals surface area contributed by atoms with Crippen molar-refractivity contribution in [2.75, 3.05) is 6.54 Å². The van der Waals surface area contributed by atoms with Crippen molar-refractivity contribution < 1.29 is 14.7 Å². The van der Waals surface area contributed by atoms with E-state index in [0.717, 1.165) is 5.56 Å². The fourth-order valence-corrected chi connectivity index (χ4v) is 1.65. The van der Waals surface area contributed by atoms with Gasteiger partial charge in [-0.05, 0) is 13.8 Å². The van der Waals surface area contributed by atoms with Gasteiger partial charge in [-0.1, -0.05) is 0 Å². The topological polar surface area (TPSA) is 87.5 Å². The minimum atomic E-state index is -0.911. The normalized spacial score (nSPS) is 10.5. The maximum absolute atomic E-state index is 12.0. The second-order valence-electron chi connectivity index (χ2n) is 4.61. The van der Waals surface area contributed by atoms with Crippen LogP contribution in [0, 0.1) is 0 Å². The molecule has 0 saturated heterocycles. The average molecular weight is 268 g/mol. The molecule has 2 amide bonds. The van der Waals surface area contributed by atoms with E-state index in [2.05, 4.69) is 10.4 Å². The smallest absolute Gasteiger partial charge is 0.317 e. The predicted molar refractivity (Wildman–Crippen MR) is 69.5 cm³/mol. The molecule has 2 N–H and O–H groups in total. The zero-order chi connectivity index (χ0) is 14.4. The minimum Gasteiger partial charge on any atom is -0.481 e. The monoisotopic (exact) mass is 268 g/mol. The molecular weight excluding hydrogens is 248 g/mol. The van der Waals surface area contributed by atoms with Gasteiger partial charge in [0.15, 0.2) is 0 Å².